The molecule has 0 aliphatic carbocycles. The van der Waals surface area contributed by atoms with Crippen LogP contribution in [0.4, 0.5) is 11.4 Å². The van der Waals surface area contributed by atoms with Gasteiger partial charge < -0.3 is 10.1 Å². The number of rotatable bonds is 10. The van der Waals surface area contributed by atoms with Crippen molar-refractivity contribution in [1.29, 1.82) is 0 Å². The van der Waals surface area contributed by atoms with E-state index in [2.05, 4.69) is 17.0 Å². The van der Waals surface area contributed by atoms with E-state index < -0.39 is 14.9 Å². The number of esters is 1. The minimum atomic E-state index is -3.74. The number of nitro benzene ring substituents is 1. The molecule has 29 heavy (non-hydrogen) atoms. The van der Waals surface area contributed by atoms with Crippen LogP contribution in [-0.4, -0.2) is 50.4 Å². The van der Waals surface area contributed by atoms with Crippen LogP contribution >= 0.6 is 0 Å². The van der Waals surface area contributed by atoms with Gasteiger partial charge in [0.2, 0.25) is 10.0 Å². The van der Waals surface area contributed by atoms with E-state index in [1.165, 1.54) is 23.5 Å². The summed E-state index contributed by atoms with van der Waals surface area (Å²) < 4.78 is 31.7. The molecule has 0 saturated carbocycles. The Bertz CT molecular complexity index is 819. The molecule has 1 saturated heterocycles. The van der Waals surface area contributed by atoms with Crippen molar-refractivity contribution >= 4 is 27.4 Å². The highest BCUT2D eigenvalue weighted by Gasteiger charge is 2.30. The highest BCUT2D eigenvalue weighted by Crippen LogP contribution is 2.30. The number of unbranched alkanes of at least 4 members (excludes halogenated alkanes) is 2. The third-order valence-corrected chi connectivity index (χ3v) is 7.04. The Labute approximate surface area is 171 Å². The highest BCUT2D eigenvalue weighted by atomic mass is 32.2. The molecule has 0 atom stereocenters. The molecule has 0 amide bonds. The van der Waals surface area contributed by atoms with Crippen LogP contribution in [0.1, 0.15) is 45.4 Å². The maximum Gasteiger partial charge on any atom is 0.305 e. The molecule has 1 aliphatic heterocycles. The van der Waals surface area contributed by atoms with Gasteiger partial charge in [0, 0.05) is 32.1 Å². The Kier molecular flexibility index (Phi) is 8.39. The van der Waals surface area contributed by atoms with E-state index in [0.717, 1.165) is 31.7 Å². The molecule has 1 aliphatic rings. The molecule has 9 nitrogen and oxygen atoms in total. The largest absolute Gasteiger partial charge is 0.469 e. The summed E-state index contributed by atoms with van der Waals surface area (Å²) >= 11 is 0. The summed E-state index contributed by atoms with van der Waals surface area (Å²) in [4.78, 5) is 21.9. The normalized spacial score (nSPS) is 15.8. The summed E-state index contributed by atoms with van der Waals surface area (Å²) in [6.07, 6.45) is 4.10. The zero-order valence-electron chi connectivity index (χ0n) is 16.9. The number of ether oxygens (including phenoxy) is 1. The Morgan fingerprint density at radius 1 is 1.28 bits per heavy atom. The zero-order chi connectivity index (χ0) is 21.4. The molecular weight excluding hydrogens is 398 g/mol. The van der Waals surface area contributed by atoms with Crippen LogP contribution in [0.25, 0.3) is 0 Å². The maximum atomic E-state index is 12.8. The number of anilines is 1. The number of hydrogen-bond acceptors (Lipinski definition) is 7. The van der Waals surface area contributed by atoms with Crippen LogP contribution in [0.5, 0.6) is 0 Å². The lowest BCUT2D eigenvalue weighted by Crippen LogP contribution is -2.37. The molecule has 1 aromatic carbocycles. The number of carbonyl (C=O) groups is 1. The fraction of sp³-hybridized carbons (Fsp3) is 0.632. The average molecular weight is 428 g/mol. The number of carbonyl (C=O) groups excluding carboxylic acids is 1. The molecule has 2 rings (SSSR count). The number of piperidine rings is 1. The standard InChI is InChI=1S/C19H29N3O6S/c1-15-9-12-21(13-10-15)29(26,27)16-7-8-17(18(14-16)22(24)25)20-11-5-3-4-6-19(23)28-2/h7-8,14-15,20H,3-6,9-13H2,1-2H3. The van der Waals surface area contributed by atoms with E-state index in [-0.39, 0.29) is 22.2 Å². The topological polar surface area (TPSA) is 119 Å². The number of benzene rings is 1. The van der Waals surface area contributed by atoms with Crippen LogP contribution in [0, 0.1) is 16.0 Å². The van der Waals surface area contributed by atoms with E-state index in [4.69, 9.17) is 0 Å². The first-order chi connectivity index (χ1) is 13.8. The van der Waals surface area contributed by atoms with E-state index in [9.17, 15) is 23.3 Å². The fourth-order valence-electron chi connectivity index (χ4n) is 3.24. The van der Waals surface area contributed by atoms with Gasteiger partial charge in [-0.1, -0.05) is 13.3 Å². The molecule has 0 bridgehead atoms. The third kappa shape index (κ3) is 6.40. The van der Waals surface area contributed by atoms with Gasteiger partial charge in [0.15, 0.2) is 0 Å². The van der Waals surface area contributed by atoms with Crippen LogP contribution in [-0.2, 0) is 19.6 Å². The number of hydrogen-bond donors (Lipinski definition) is 1. The SMILES string of the molecule is COC(=O)CCCCCNc1ccc(S(=O)(=O)N2CCC(C)CC2)cc1[N+](=O)[O-]. The van der Waals surface area contributed by atoms with Crippen LogP contribution < -0.4 is 5.32 Å². The van der Waals surface area contributed by atoms with Crippen molar-refractivity contribution in [2.75, 3.05) is 32.1 Å². The molecule has 1 aromatic rings. The number of nitrogens with one attached hydrogen (secondary N) is 1. The van der Waals surface area contributed by atoms with Crippen LogP contribution in [0.15, 0.2) is 23.1 Å². The molecule has 1 heterocycles. The third-order valence-electron chi connectivity index (χ3n) is 5.15. The van der Waals surface area contributed by atoms with E-state index in [0.29, 0.717) is 38.4 Å². The first kappa shape index (κ1) is 23.1. The van der Waals surface area contributed by atoms with Gasteiger partial charge in [0.25, 0.3) is 5.69 Å². The number of sulfonamides is 1. The van der Waals surface area contributed by atoms with Gasteiger partial charge in [-0.25, -0.2) is 8.42 Å². The number of nitrogens with zero attached hydrogens (tertiary/aromatic N) is 2. The Morgan fingerprint density at radius 3 is 2.59 bits per heavy atom. The summed E-state index contributed by atoms with van der Waals surface area (Å²) in [6, 6.07) is 4.00. The minimum absolute atomic E-state index is 0.0534. The van der Waals surface area contributed by atoms with Crippen molar-refractivity contribution < 1.29 is 22.9 Å². The molecule has 1 N–H and O–H groups in total. The molecule has 0 radical (unpaired) electrons. The summed E-state index contributed by atoms with van der Waals surface area (Å²) in [7, 11) is -2.40. The lowest BCUT2D eigenvalue weighted by atomic mass is 10.0. The highest BCUT2D eigenvalue weighted by molar-refractivity contribution is 7.89. The lowest BCUT2D eigenvalue weighted by molar-refractivity contribution is -0.384. The summed E-state index contributed by atoms with van der Waals surface area (Å²) in [5.41, 5.74) is 0.0280. The first-order valence-electron chi connectivity index (χ1n) is 9.85. The van der Waals surface area contributed by atoms with Crippen molar-refractivity contribution in [2.45, 2.75) is 50.3 Å². The Morgan fingerprint density at radius 2 is 1.97 bits per heavy atom. The zero-order valence-corrected chi connectivity index (χ0v) is 17.7. The summed E-state index contributed by atoms with van der Waals surface area (Å²) in [5.74, 6) is 0.225. The first-order valence-corrected chi connectivity index (χ1v) is 11.3. The van der Waals surface area contributed by atoms with Gasteiger partial charge in [0.1, 0.15) is 5.69 Å². The molecule has 0 aromatic heterocycles. The van der Waals surface area contributed by atoms with Gasteiger partial charge in [-0.2, -0.15) is 4.31 Å². The van der Waals surface area contributed by atoms with E-state index in [1.807, 2.05) is 0 Å². The molecule has 0 unspecified atom stereocenters. The quantitative estimate of drug-likeness (QED) is 0.264. The van der Waals surface area contributed by atoms with E-state index >= 15 is 0 Å². The summed E-state index contributed by atoms with van der Waals surface area (Å²) in [5, 5.41) is 14.5. The lowest BCUT2D eigenvalue weighted by Gasteiger charge is -2.29. The van der Waals surface area contributed by atoms with Gasteiger partial charge >= 0.3 is 5.97 Å². The number of nitro groups is 1. The minimum Gasteiger partial charge on any atom is -0.469 e. The van der Waals surface area contributed by atoms with Crippen molar-refractivity contribution in [1.82, 2.24) is 4.31 Å². The second-order valence-electron chi connectivity index (χ2n) is 7.34. The van der Waals surface area contributed by atoms with Gasteiger partial charge in [-0.15, -0.1) is 0 Å². The summed E-state index contributed by atoms with van der Waals surface area (Å²) in [6.45, 7) is 3.44. The van der Waals surface area contributed by atoms with E-state index in [1.54, 1.807) is 0 Å². The predicted octanol–water partition coefficient (Wildman–Crippen LogP) is 3.16. The van der Waals surface area contributed by atoms with Crippen LogP contribution in [0.3, 0.4) is 0 Å². The fourth-order valence-corrected chi connectivity index (χ4v) is 4.73. The molecule has 162 valence electrons. The molecule has 10 heteroatoms. The molecule has 0 spiro atoms. The maximum absolute atomic E-state index is 12.8. The van der Waals surface area contributed by atoms with Gasteiger partial charge in [-0.3, -0.25) is 14.9 Å². The second kappa shape index (κ2) is 10.5. The smallest absolute Gasteiger partial charge is 0.305 e. The second-order valence-corrected chi connectivity index (χ2v) is 9.27. The average Bonchev–Trinajstić information content (AvgIpc) is 2.70. The van der Waals surface area contributed by atoms with Crippen molar-refractivity contribution in [3.05, 3.63) is 28.3 Å². The number of methoxy groups -OCH3 is 1. The van der Waals surface area contributed by atoms with Gasteiger partial charge in [0.05, 0.1) is 16.9 Å². The Hall–Kier alpha value is -2.20. The predicted molar refractivity (Wildman–Crippen MR) is 109 cm³/mol. The van der Waals surface area contributed by atoms with Crippen LogP contribution in [0.2, 0.25) is 0 Å². The molecular formula is C19H29N3O6S. The monoisotopic (exact) mass is 427 g/mol. The van der Waals surface area contributed by atoms with Crippen molar-refractivity contribution in [3.63, 3.8) is 0 Å². The van der Waals surface area contributed by atoms with Crippen molar-refractivity contribution in [2.24, 2.45) is 5.92 Å². The van der Waals surface area contributed by atoms with Gasteiger partial charge in [-0.05, 0) is 43.7 Å². The Balaban J connectivity index is 2.01. The molecule has 1 fully saturated rings. The van der Waals surface area contributed by atoms with Crippen molar-refractivity contribution in [3.8, 4) is 0 Å².